The number of Topliss-reactive ketones (excluding diaryl/α,β-unsaturated/α-hetero) is 1. The highest BCUT2D eigenvalue weighted by atomic mass is 16.4. The van der Waals surface area contributed by atoms with Crippen molar-refractivity contribution in [1.29, 1.82) is 0 Å². The first-order valence-electron chi connectivity index (χ1n) is 11.2. The van der Waals surface area contributed by atoms with Crippen molar-refractivity contribution in [3.05, 3.63) is 70.5 Å². The van der Waals surface area contributed by atoms with Gasteiger partial charge in [-0.25, -0.2) is 0 Å². The standard InChI is InChI=1S/C26H23NO6/c28-21(15-9-10-18-17-5-3-4-8-22(17)33-23(18)14-15)13-16(26(31)32)11-12-27-24(29)19-6-1-2-7-20(19)25(27)30/h1-2,6-7,9-10,14,16H,3-5,8,11-13H2,(H,31,32). The second kappa shape index (κ2) is 8.31. The molecule has 0 spiro atoms. The SMILES string of the molecule is O=C(CC(CCN1C(=O)c2ccccc2C1=O)C(=O)O)c1ccc2c3c(oc2c1)CCCC3. The van der Waals surface area contributed by atoms with Crippen LogP contribution in [0.5, 0.6) is 0 Å². The molecule has 2 aliphatic rings. The maximum absolute atomic E-state index is 12.9. The van der Waals surface area contributed by atoms with E-state index in [2.05, 4.69) is 0 Å². The van der Waals surface area contributed by atoms with Crippen LogP contribution in [0.1, 0.15) is 68.1 Å². The van der Waals surface area contributed by atoms with Crippen LogP contribution >= 0.6 is 0 Å². The summed E-state index contributed by atoms with van der Waals surface area (Å²) in [6, 6.07) is 11.8. The Morgan fingerprint density at radius 2 is 1.70 bits per heavy atom. The van der Waals surface area contributed by atoms with Crippen molar-refractivity contribution in [2.45, 2.75) is 38.5 Å². The highest BCUT2D eigenvalue weighted by Gasteiger charge is 2.36. The van der Waals surface area contributed by atoms with Gasteiger partial charge in [0.1, 0.15) is 11.3 Å². The van der Waals surface area contributed by atoms with E-state index in [0.29, 0.717) is 22.3 Å². The van der Waals surface area contributed by atoms with Gasteiger partial charge in [-0.05, 0) is 43.9 Å². The normalized spacial score (nSPS) is 16.1. The first-order chi connectivity index (χ1) is 15.9. The number of furan rings is 1. The molecule has 33 heavy (non-hydrogen) atoms. The van der Waals surface area contributed by atoms with Crippen LogP contribution in [-0.2, 0) is 17.6 Å². The lowest BCUT2D eigenvalue weighted by Crippen LogP contribution is -2.33. The molecule has 1 aromatic heterocycles. The van der Waals surface area contributed by atoms with Gasteiger partial charge in [-0.1, -0.05) is 24.3 Å². The third-order valence-corrected chi connectivity index (χ3v) is 6.64. The summed E-state index contributed by atoms with van der Waals surface area (Å²) in [7, 11) is 0. The van der Waals surface area contributed by atoms with Crippen molar-refractivity contribution in [3.8, 4) is 0 Å². The van der Waals surface area contributed by atoms with Crippen molar-refractivity contribution in [3.63, 3.8) is 0 Å². The van der Waals surface area contributed by atoms with Crippen molar-refractivity contribution in [1.82, 2.24) is 4.90 Å². The molecular weight excluding hydrogens is 422 g/mol. The Hall–Kier alpha value is -3.74. The smallest absolute Gasteiger partial charge is 0.307 e. The molecule has 1 N–H and O–H groups in total. The number of fused-ring (bicyclic) bond motifs is 4. The van der Waals surface area contributed by atoms with E-state index in [9.17, 15) is 24.3 Å². The number of imide groups is 1. The summed E-state index contributed by atoms with van der Waals surface area (Å²) in [6.07, 6.45) is 3.86. The minimum Gasteiger partial charge on any atom is -0.481 e. The number of hydrogen-bond acceptors (Lipinski definition) is 5. The average Bonchev–Trinajstić information content (AvgIpc) is 3.31. The van der Waals surface area contributed by atoms with Crippen LogP contribution in [0.3, 0.4) is 0 Å². The minimum absolute atomic E-state index is 0.00380. The van der Waals surface area contributed by atoms with Gasteiger partial charge in [-0.15, -0.1) is 0 Å². The Morgan fingerprint density at radius 1 is 1.00 bits per heavy atom. The maximum atomic E-state index is 12.9. The van der Waals surface area contributed by atoms with E-state index >= 15 is 0 Å². The molecular formula is C26H23NO6. The Labute approximate surface area is 190 Å². The van der Waals surface area contributed by atoms with Gasteiger partial charge in [-0.3, -0.25) is 24.1 Å². The Bertz CT molecular complexity index is 1270. The predicted octanol–water partition coefficient (Wildman–Crippen LogP) is 4.27. The Morgan fingerprint density at radius 3 is 2.39 bits per heavy atom. The lowest BCUT2D eigenvalue weighted by Gasteiger charge is -2.17. The Kier molecular flexibility index (Phi) is 5.32. The fraction of sp³-hybridized carbons (Fsp3) is 0.308. The predicted molar refractivity (Wildman–Crippen MR) is 119 cm³/mol. The van der Waals surface area contributed by atoms with Crippen molar-refractivity contribution in [2.24, 2.45) is 5.92 Å². The fourth-order valence-corrected chi connectivity index (χ4v) is 4.82. The lowest BCUT2D eigenvalue weighted by molar-refractivity contribution is -0.142. The van der Waals surface area contributed by atoms with Gasteiger partial charge in [0.05, 0.1) is 17.0 Å². The highest BCUT2D eigenvalue weighted by molar-refractivity contribution is 6.21. The summed E-state index contributed by atoms with van der Waals surface area (Å²) in [5, 5.41) is 10.7. The van der Waals surface area contributed by atoms with Gasteiger partial charge in [0, 0.05) is 35.9 Å². The highest BCUT2D eigenvalue weighted by Crippen LogP contribution is 2.33. The summed E-state index contributed by atoms with van der Waals surface area (Å²) in [6.45, 7) is -0.0550. The van der Waals surface area contributed by atoms with Crippen molar-refractivity contribution in [2.75, 3.05) is 6.54 Å². The number of benzene rings is 2. The lowest BCUT2D eigenvalue weighted by atomic mass is 9.93. The Balaban J connectivity index is 1.29. The van der Waals surface area contributed by atoms with Crippen molar-refractivity contribution >= 4 is 34.5 Å². The summed E-state index contributed by atoms with van der Waals surface area (Å²) in [5.41, 5.74) is 2.91. The first kappa shape index (κ1) is 21.1. The van der Waals surface area contributed by atoms with Crippen LogP contribution in [0.25, 0.3) is 11.0 Å². The van der Waals surface area contributed by atoms with Gasteiger partial charge in [0.15, 0.2) is 5.78 Å². The van der Waals surface area contributed by atoms with Crippen LogP contribution in [-0.4, -0.2) is 40.1 Å². The monoisotopic (exact) mass is 445 g/mol. The number of carbonyl (C=O) groups is 4. The molecule has 2 aromatic carbocycles. The molecule has 7 nitrogen and oxygen atoms in total. The molecule has 1 aliphatic heterocycles. The number of aryl methyl sites for hydroxylation is 2. The minimum atomic E-state index is -1.13. The van der Waals surface area contributed by atoms with Crippen LogP contribution in [0.2, 0.25) is 0 Å². The van der Waals surface area contributed by atoms with Crippen LogP contribution < -0.4 is 0 Å². The first-order valence-corrected chi connectivity index (χ1v) is 11.2. The molecule has 168 valence electrons. The summed E-state index contributed by atoms with van der Waals surface area (Å²) < 4.78 is 5.95. The van der Waals surface area contributed by atoms with Gasteiger partial charge in [0.25, 0.3) is 11.8 Å². The van der Waals surface area contributed by atoms with E-state index in [-0.39, 0.29) is 25.2 Å². The van der Waals surface area contributed by atoms with E-state index in [1.54, 1.807) is 36.4 Å². The topological polar surface area (TPSA) is 105 Å². The number of nitrogens with zero attached hydrogens (tertiary/aromatic N) is 1. The van der Waals surface area contributed by atoms with E-state index in [1.807, 2.05) is 6.07 Å². The van der Waals surface area contributed by atoms with Crippen LogP contribution in [0.15, 0.2) is 46.9 Å². The number of aliphatic carboxylic acids is 1. The molecule has 1 unspecified atom stereocenters. The molecule has 0 bridgehead atoms. The second-order valence-corrected chi connectivity index (χ2v) is 8.68. The van der Waals surface area contributed by atoms with Gasteiger partial charge < -0.3 is 9.52 Å². The summed E-state index contributed by atoms with van der Waals surface area (Å²) in [4.78, 5) is 50.8. The average molecular weight is 445 g/mol. The number of carboxylic acid groups (broad SMARTS) is 1. The number of carboxylic acids is 1. The number of amides is 2. The van der Waals surface area contributed by atoms with E-state index in [4.69, 9.17) is 4.42 Å². The summed E-state index contributed by atoms with van der Waals surface area (Å²) >= 11 is 0. The second-order valence-electron chi connectivity index (χ2n) is 8.68. The molecule has 0 radical (unpaired) electrons. The van der Waals surface area contributed by atoms with Crippen LogP contribution in [0.4, 0.5) is 0 Å². The van der Waals surface area contributed by atoms with Gasteiger partial charge in [-0.2, -0.15) is 0 Å². The molecule has 0 fully saturated rings. The maximum Gasteiger partial charge on any atom is 0.307 e. The van der Waals surface area contributed by atoms with E-state index in [0.717, 1.165) is 41.7 Å². The van der Waals surface area contributed by atoms with Crippen molar-refractivity contribution < 1.29 is 28.7 Å². The van der Waals surface area contributed by atoms with E-state index in [1.165, 1.54) is 5.56 Å². The van der Waals surface area contributed by atoms with Crippen LogP contribution in [0, 0.1) is 5.92 Å². The number of hydrogen-bond donors (Lipinski definition) is 1. The molecule has 3 aromatic rings. The van der Waals surface area contributed by atoms with Gasteiger partial charge >= 0.3 is 5.97 Å². The fourth-order valence-electron chi connectivity index (χ4n) is 4.82. The quantitative estimate of drug-likeness (QED) is 0.430. The molecule has 1 atom stereocenters. The molecule has 0 saturated carbocycles. The molecule has 7 heteroatoms. The third kappa shape index (κ3) is 3.73. The largest absolute Gasteiger partial charge is 0.481 e. The zero-order valence-electron chi connectivity index (χ0n) is 18.0. The molecule has 0 saturated heterocycles. The number of rotatable bonds is 7. The zero-order valence-corrected chi connectivity index (χ0v) is 18.0. The van der Waals surface area contributed by atoms with Gasteiger partial charge in [0.2, 0.25) is 0 Å². The van der Waals surface area contributed by atoms with E-state index < -0.39 is 23.7 Å². The number of ketones is 1. The summed E-state index contributed by atoms with van der Waals surface area (Å²) in [5.74, 6) is -2.33. The molecule has 1 aliphatic carbocycles. The molecule has 2 heterocycles. The molecule has 5 rings (SSSR count). The zero-order chi connectivity index (χ0) is 23.1. The number of carbonyl (C=O) groups excluding carboxylic acids is 3. The molecule has 2 amide bonds. The third-order valence-electron chi connectivity index (χ3n) is 6.64.